The minimum atomic E-state index is -0.988. The van der Waals surface area contributed by atoms with Crippen LogP contribution in [0.2, 0.25) is 0 Å². The third-order valence-corrected chi connectivity index (χ3v) is 9.31. The van der Waals surface area contributed by atoms with E-state index in [4.69, 9.17) is 4.74 Å². The number of amides is 1. The summed E-state index contributed by atoms with van der Waals surface area (Å²) in [5.41, 5.74) is 1.93. The summed E-state index contributed by atoms with van der Waals surface area (Å²) < 4.78 is 19.8. The van der Waals surface area contributed by atoms with Gasteiger partial charge in [-0.25, -0.2) is 9.37 Å². The number of thioether (sulfide) groups is 1. The summed E-state index contributed by atoms with van der Waals surface area (Å²) >= 11 is 3.78. The van der Waals surface area contributed by atoms with Crippen molar-refractivity contribution < 1.29 is 23.8 Å². The normalized spacial score (nSPS) is 15.2. The number of halogens is 1. The van der Waals surface area contributed by atoms with Gasteiger partial charge in [0.05, 0.1) is 27.8 Å². The van der Waals surface area contributed by atoms with Crippen LogP contribution in [-0.4, -0.2) is 38.6 Å². The molecule has 12 heteroatoms. The summed E-state index contributed by atoms with van der Waals surface area (Å²) in [4.78, 5) is 33.5. The molecule has 1 aliphatic heterocycles. The van der Waals surface area contributed by atoms with Gasteiger partial charge in [0.25, 0.3) is 5.91 Å². The largest absolute Gasteiger partial charge is 0.503 e. The van der Waals surface area contributed by atoms with Crippen molar-refractivity contribution in [1.82, 2.24) is 15.2 Å². The van der Waals surface area contributed by atoms with Crippen LogP contribution in [0.5, 0.6) is 5.75 Å². The van der Waals surface area contributed by atoms with Crippen LogP contribution in [0.4, 0.5) is 9.52 Å². The zero-order chi connectivity index (χ0) is 28.4. The Kier molecular flexibility index (Phi) is 8.29. The summed E-state index contributed by atoms with van der Waals surface area (Å²) in [7, 11) is 0. The molecule has 1 N–H and O–H groups in total. The lowest BCUT2D eigenvalue weighted by atomic mass is 9.94. The Morgan fingerprint density at radius 2 is 1.88 bits per heavy atom. The predicted octanol–water partition coefficient (Wildman–Crippen LogP) is 6.61. The number of para-hydroxylation sites is 1. The first-order chi connectivity index (χ1) is 19.3. The molecule has 1 aliphatic rings. The van der Waals surface area contributed by atoms with Gasteiger partial charge in [0.15, 0.2) is 10.1 Å². The van der Waals surface area contributed by atoms with Gasteiger partial charge in [-0.3, -0.25) is 14.5 Å². The number of ether oxygens (including phenoxy) is 1. The second-order valence-corrected chi connectivity index (χ2v) is 12.4. The monoisotopic (exact) mass is 596 g/mol. The maximum Gasteiger partial charge on any atom is 0.296 e. The van der Waals surface area contributed by atoms with Crippen molar-refractivity contribution in [1.29, 1.82) is 0 Å². The molecular weight excluding hydrogens is 572 g/mol. The van der Waals surface area contributed by atoms with Crippen molar-refractivity contribution in [2.75, 3.05) is 11.5 Å². The molecule has 0 aliphatic carbocycles. The molecule has 4 aromatic rings. The van der Waals surface area contributed by atoms with E-state index in [1.54, 1.807) is 44.2 Å². The van der Waals surface area contributed by atoms with E-state index >= 15 is 0 Å². The molecule has 0 bridgehead atoms. The average molecular weight is 597 g/mol. The molecular formula is C28H25FN4O4S3. The molecule has 3 heterocycles. The van der Waals surface area contributed by atoms with Crippen molar-refractivity contribution in [3.05, 3.63) is 92.4 Å². The Bertz CT molecular complexity index is 1600. The summed E-state index contributed by atoms with van der Waals surface area (Å²) in [6, 6.07) is 12.3. The molecule has 8 nitrogen and oxygen atoms in total. The van der Waals surface area contributed by atoms with E-state index in [0.29, 0.717) is 43.6 Å². The number of benzene rings is 2. The first-order valence-corrected chi connectivity index (χ1v) is 15.1. The SMILES string of the molecule is CCCOc1ccccc1C1C(C(=O)c2sc(C)nc2C)=C(O)C(=O)N1c1nnc(SCc2ccc(F)cc2)s1. The van der Waals surface area contributed by atoms with Crippen molar-refractivity contribution in [2.45, 2.75) is 43.3 Å². The number of rotatable bonds is 10. The Morgan fingerprint density at radius 1 is 1.12 bits per heavy atom. The zero-order valence-electron chi connectivity index (χ0n) is 21.9. The van der Waals surface area contributed by atoms with E-state index in [1.165, 1.54) is 51.5 Å². The van der Waals surface area contributed by atoms with Gasteiger partial charge in [-0.2, -0.15) is 0 Å². The highest BCUT2D eigenvalue weighted by Crippen LogP contribution is 2.46. The van der Waals surface area contributed by atoms with E-state index in [9.17, 15) is 19.1 Å². The Hall–Kier alpha value is -3.61. The van der Waals surface area contributed by atoms with Gasteiger partial charge >= 0.3 is 0 Å². The molecule has 2 aromatic heterocycles. The Morgan fingerprint density at radius 3 is 2.58 bits per heavy atom. The quantitative estimate of drug-likeness (QED) is 0.124. The molecule has 1 amide bonds. The van der Waals surface area contributed by atoms with Crippen molar-refractivity contribution in [2.24, 2.45) is 0 Å². The number of nitrogens with zero attached hydrogens (tertiary/aromatic N) is 4. The van der Waals surface area contributed by atoms with Crippen LogP contribution < -0.4 is 9.64 Å². The first-order valence-electron chi connectivity index (χ1n) is 12.5. The maximum atomic E-state index is 13.9. The number of aromatic nitrogens is 3. The van der Waals surface area contributed by atoms with E-state index in [1.807, 2.05) is 13.0 Å². The number of ketones is 1. The average Bonchev–Trinajstić information content (AvgIpc) is 3.62. The third kappa shape index (κ3) is 5.51. The number of carbonyl (C=O) groups is 2. The number of thiazole rings is 1. The molecule has 206 valence electrons. The summed E-state index contributed by atoms with van der Waals surface area (Å²) in [5.74, 6) is -1.14. The molecule has 1 atom stereocenters. The highest BCUT2D eigenvalue weighted by molar-refractivity contribution is 8.00. The highest BCUT2D eigenvalue weighted by Gasteiger charge is 2.47. The predicted molar refractivity (Wildman–Crippen MR) is 154 cm³/mol. The lowest BCUT2D eigenvalue weighted by molar-refractivity contribution is -0.117. The number of aliphatic hydroxyl groups is 1. The molecule has 0 saturated carbocycles. The van der Waals surface area contributed by atoms with E-state index in [-0.39, 0.29) is 16.5 Å². The van der Waals surface area contributed by atoms with Gasteiger partial charge in [0.2, 0.25) is 10.9 Å². The van der Waals surface area contributed by atoms with Crippen LogP contribution in [0.1, 0.15) is 50.9 Å². The summed E-state index contributed by atoms with van der Waals surface area (Å²) in [6.45, 7) is 5.95. The third-order valence-electron chi connectivity index (χ3n) is 6.12. The number of Topliss-reactive ketones (excluding diaryl/α,β-unsaturated/α-hetero) is 1. The standard InChI is InChI=1S/C28H25FN4O4S3/c1-4-13-37-20-8-6-5-7-19(20)22-21(23(34)25-15(2)30-16(3)39-25)24(35)26(36)33(22)27-31-32-28(40-27)38-14-17-9-11-18(29)12-10-17/h5-12,22,35H,4,13-14H2,1-3H3. The van der Waals surface area contributed by atoms with Gasteiger partial charge in [-0.1, -0.05) is 60.4 Å². The zero-order valence-corrected chi connectivity index (χ0v) is 24.3. The number of aliphatic hydroxyl groups excluding tert-OH is 1. The van der Waals surface area contributed by atoms with Crippen LogP contribution in [0.3, 0.4) is 0 Å². The van der Waals surface area contributed by atoms with Crippen LogP contribution in [0.15, 0.2) is 64.2 Å². The molecule has 1 unspecified atom stereocenters. The fourth-order valence-corrected chi connectivity index (χ4v) is 7.02. The molecule has 5 rings (SSSR count). The smallest absolute Gasteiger partial charge is 0.296 e. The molecule has 0 saturated heterocycles. The number of anilines is 1. The number of hydrogen-bond acceptors (Lipinski definition) is 10. The number of hydrogen-bond donors (Lipinski definition) is 1. The molecule has 0 fully saturated rings. The van der Waals surface area contributed by atoms with E-state index in [0.717, 1.165) is 12.0 Å². The fraction of sp³-hybridized carbons (Fsp3) is 0.250. The van der Waals surface area contributed by atoms with Gasteiger partial charge in [0.1, 0.15) is 17.6 Å². The lowest BCUT2D eigenvalue weighted by Gasteiger charge is -2.25. The van der Waals surface area contributed by atoms with Gasteiger partial charge < -0.3 is 9.84 Å². The van der Waals surface area contributed by atoms with Crippen molar-refractivity contribution >= 4 is 51.3 Å². The Balaban J connectivity index is 1.54. The number of aryl methyl sites for hydroxylation is 2. The molecule has 0 radical (unpaired) electrons. The van der Waals surface area contributed by atoms with Gasteiger partial charge in [-0.15, -0.1) is 21.5 Å². The lowest BCUT2D eigenvalue weighted by Crippen LogP contribution is -2.31. The van der Waals surface area contributed by atoms with E-state index in [2.05, 4.69) is 15.2 Å². The second-order valence-electron chi connectivity index (χ2n) is 8.97. The van der Waals surface area contributed by atoms with Crippen molar-refractivity contribution in [3.8, 4) is 5.75 Å². The van der Waals surface area contributed by atoms with Crippen LogP contribution >= 0.6 is 34.4 Å². The second kappa shape index (κ2) is 11.9. The summed E-state index contributed by atoms with van der Waals surface area (Å²) in [6.07, 6.45) is 0.763. The topological polar surface area (TPSA) is 106 Å². The fourth-order valence-electron chi connectivity index (χ4n) is 4.33. The maximum absolute atomic E-state index is 13.9. The Labute approximate surface area is 242 Å². The van der Waals surface area contributed by atoms with Gasteiger partial charge in [-0.05, 0) is 44.0 Å². The van der Waals surface area contributed by atoms with Gasteiger partial charge in [0, 0.05) is 11.3 Å². The highest BCUT2D eigenvalue weighted by atomic mass is 32.2. The minimum absolute atomic E-state index is 0.0555. The summed E-state index contributed by atoms with van der Waals surface area (Å²) in [5, 5.41) is 20.6. The molecule has 40 heavy (non-hydrogen) atoms. The number of carbonyl (C=O) groups excluding carboxylic acids is 2. The first kappa shape index (κ1) is 27.9. The molecule has 0 spiro atoms. The van der Waals surface area contributed by atoms with Crippen molar-refractivity contribution in [3.63, 3.8) is 0 Å². The van der Waals surface area contributed by atoms with Crippen LogP contribution in [0.25, 0.3) is 0 Å². The minimum Gasteiger partial charge on any atom is -0.503 e. The molecule has 2 aromatic carbocycles. The van der Waals surface area contributed by atoms with E-state index < -0.39 is 23.5 Å². The van der Waals surface area contributed by atoms with Crippen LogP contribution in [0, 0.1) is 19.7 Å². The van der Waals surface area contributed by atoms with Crippen LogP contribution in [-0.2, 0) is 10.5 Å².